The second-order valence-electron chi connectivity index (χ2n) is 5.58. The number of hydrogen-bond donors (Lipinski definition) is 1. The summed E-state index contributed by atoms with van der Waals surface area (Å²) >= 11 is 11.8. The van der Waals surface area contributed by atoms with Gasteiger partial charge in [0.1, 0.15) is 23.2 Å². The third-order valence-corrected chi connectivity index (χ3v) is 4.31. The molecule has 7 heteroatoms. The van der Waals surface area contributed by atoms with Crippen LogP contribution in [0.15, 0.2) is 52.9 Å². The highest BCUT2D eigenvalue weighted by atomic mass is 35.5. The van der Waals surface area contributed by atoms with E-state index < -0.39 is 6.10 Å². The molecule has 1 aromatic heterocycles. The number of benzene rings is 2. The fourth-order valence-electron chi connectivity index (χ4n) is 2.45. The lowest BCUT2D eigenvalue weighted by atomic mass is 10.2. The number of halogens is 2. The van der Waals surface area contributed by atoms with Gasteiger partial charge < -0.3 is 19.2 Å². The van der Waals surface area contributed by atoms with Crippen LogP contribution in [0, 0.1) is 0 Å². The molecule has 0 saturated carbocycles. The maximum atomic E-state index is 12.0. The van der Waals surface area contributed by atoms with Crippen molar-refractivity contribution >= 4 is 40.1 Å². The van der Waals surface area contributed by atoms with Crippen LogP contribution >= 0.6 is 23.2 Å². The summed E-state index contributed by atoms with van der Waals surface area (Å²) in [6.07, 6.45) is -0.398. The summed E-state index contributed by atoms with van der Waals surface area (Å²) in [5, 5.41) is 4.59. The highest BCUT2D eigenvalue weighted by Crippen LogP contribution is 2.27. The van der Waals surface area contributed by atoms with Crippen LogP contribution in [0.5, 0.6) is 5.75 Å². The molecular formula is C19H17Cl2NO4. The minimum Gasteiger partial charge on any atom is -0.482 e. The number of amides is 1. The average Bonchev–Trinajstić information content (AvgIpc) is 3.05. The number of fused-ring (bicyclic) bond motifs is 1. The van der Waals surface area contributed by atoms with E-state index in [1.165, 1.54) is 0 Å². The molecule has 3 rings (SSSR count). The van der Waals surface area contributed by atoms with E-state index in [4.69, 9.17) is 37.1 Å². The first kappa shape index (κ1) is 18.6. The fourth-order valence-corrected chi connectivity index (χ4v) is 2.92. The van der Waals surface area contributed by atoms with E-state index >= 15 is 0 Å². The van der Waals surface area contributed by atoms with Gasteiger partial charge in [-0.3, -0.25) is 4.79 Å². The van der Waals surface area contributed by atoms with Crippen LogP contribution in [0.1, 0.15) is 11.9 Å². The van der Waals surface area contributed by atoms with E-state index in [0.29, 0.717) is 21.6 Å². The van der Waals surface area contributed by atoms with Gasteiger partial charge in [-0.15, -0.1) is 0 Å². The number of carbonyl (C=O) groups excluding carboxylic acids is 1. The normalized spacial score (nSPS) is 12.1. The molecule has 5 nitrogen and oxygen atoms in total. The van der Waals surface area contributed by atoms with Crippen LogP contribution in [-0.4, -0.2) is 26.2 Å². The quantitative estimate of drug-likeness (QED) is 0.635. The maximum Gasteiger partial charge on any atom is 0.258 e. The molecule has 0 aliphatic carbocycles. The summed E-state index contributed by atoms with van der Waals surface area (Å²) in [6, 6.07) is 14.4. The highest BCUT2D eigenvalue weighted by Gasteiger charge is 2.17. The van der Waals surface area contributed by atoms with E-state index in [1.807, 2.05) is 30.3 Å². The van der Waals surface area contributed by atoms with Gasteiger partial charge in [-0.05, 0) is 30.3 Å². The van der Waals surface area contributed by atoms with Gasteiger partial charge in [-0.25, -0.2) is 0 Å². The monoisotopic (exact) mass is 393 g/mol. The molecule has 0 aliphatic heterocycles. The summed E-state index contributed by atoms with van der Waals surface area (Å²) in [7, 11) is 1.56. The minimum absolute atomic E-state index is 0.169. The Kier molecular flexibility index (Phi) is 6.04. The molecule has 0 bridgehead atoms. The average molecular weight is 394 g/mol. The van der Waals surface area contributed by atoms with Gasteiger partial charge in [0.25, 0.3) is 5.91 Å². The van der Waals surface area contributed by atoms with Gasteiger partial charge in [-0.1, -0.05) is 41.4 Å². The molecule has 0 aliphatic rings. The second-order valence-corrected chi connectivity index (χ2v) is 6.42. The topological polar surface area (TPSA) is 60.7 Å². The minimum atomic E-state index is -0.398. The zero-order valence-electron chi connectivity index (χ0n) is 14.0. The van der Waals surface area contributed by atoms with Crippen molar-refractivity contribution in [3.8, 4) is 5.75 Å². The third kappa shape index (κ3) is 4.49. The molecule has 1 unspecified atom stereocenters. The van der Waals surface area contributed by atoms with Gasteiger partial charge in [0.2, 0.25) is 0 Å². The lowest BCUT2D eigenvalue weighted by molar-refractivity contribution is -0.123. The van der Waals surface area contributed by atoms with Crippen molar-refractivity contribution in [3.05, 3.63) is 64.3 Å². The zero-order valence-corrected chi connectivity index (χ0v) is 15.5. The molecular weight excluding hydrogens is 377 g/mol. The molecule has 136 valence electrons. The van der Waals surface area contributed by atoms with Crippen LogP contribution in [-0.2, 0) is 9.53 Å². The van der Waals surface area contributed by atoms with E-state index in [0.717, 1.165) is 11.0 Å². The van der Waals surface area contributed by atoms with Crippen molar-refractivity contribution in [1.82, 2.24) is 5.32 Å². The molecule has 1 atom stereocenters. The Morgan fingerprint density at radius 2 is 2.00 bits per heavy atom. The largest absolute Gasteiger partial charge is 0.482 e. The Labute approximate surface area is 160 Å². The Morgan fingerprint density at radius 1 is 1.19 bits per heavy atom. The number of para-hydroxylation sites is 1. The molecule has 0 spiro atoms. The van der Waals surface area contributed by atoms with Crippen molar-refractivity contribution in [2.45, 2.75) is 6.10 Å². The van der Waals surface area contributed by atoms with E-state index in [-0.39, 0.29) is 19.1 Å². The first-order valence-corrected chi connectivity index (χ1v) is 8.68. The molecule has 0 saturated heterocycles. The van der Waals surface area contributed by atoms with Gasteiger partial charge in [0.15, 0.2) is 6.61 Å². The van der Waals surface area contributed by atoms with Crippen molar-refractivity contribution in [2.75, 3.05) is 20.3 Å². The number of hydrogen-bond acceptors (Lipinski definition) is 4. The summed E-state index contributed by atoms with van der Waals surface area (Å²) in [4.78, 5) is 12.0. The number of furan rings is 1. The lowest BCUT2D eigenvalue weighted by Gasteiger charge is -2.14. The molecule has 1 N–H and O–H groups in total. The van der Waals surface area contributed by atoms with E-state index in [2.05, 4.69) is 5.32 Å². The van der Waals surface area contributed by atoms with Crippen LogP contribution in [0.25, 0.3) is 11.0 Å². The highest BCUT2D eigenvalue weighted by molar-refractivity contribution is 6.35. The Morgan fingerprint density at radius 3 is 2.73 bits per heavy atom. The Balaban J connectivity index is 1.55. The predicted molar refractivity (Wildman–Crippen MR) is 101 cm³/mol. The molecule has 1 amide bonds. The molecule has 3 aromatic rings. The SMILES string of the molecule is COC(CNC(=O)COc1ccc(Cl)cc1Cl)c1cc2ccccc2o1. The Hall–Kier alpha value is -2.21. The summed E-state index contributed by atoms with van der Waals surface area (Å²) in [6.45, 7) is 0.0881. The standard InChI is InChI=1S/C19H17Cl2NO4/c1-24-18(17-8-12-4-2-3-5-15(12)26-17)10-22-19(23)11-25-16-7-6-13(20)9-14(16)21/h2-9,18H,10-11H2,1H3,(H,22,23). The maximum absolute atomic E-state index is 12.0. The molecule has 1 heterocycles. The van der Waals surface area contributed by atoms with E-state index in [9.17, 15) is 4.79 Å². The number of ether oxygens (including phenoxy) is 2. The first-order valence-electron chi connectivity index (χ1n) is 7.92. The molecule has 2 aromatic carbocycles. The molecule has 0 fully saturated rings. The summed E-state index contributed by atoms with van der Waals surface area (Å²) in [5.74, 6) is 0.747. The third-order valence-electron chi connectivity index (χ3n) is 3.78. The number of nitrogens with one attached hydrogen (secondary N) is 1. The number of rotatable bonds is 7. The van der Waals surface area contributed by atoms with Gasteiger partial charge in [-0.2, -0.15) is 0 Å². The predicted octanol–water partition coefficient (Wildman–Crippen LogP) is 4.62. The molecule has 26 heavy (non-hydrogen) atoms. The van der Waals surface area contributed by atoms with Gasteiger partial charge in [0, 0.05) is 17.5 Å². The molecule has 0 radical (unpaired) electrons. The van der Waals surface area contributed by atoms with Crippen molar-refractivity contribution in [1.29, 1.82) is 0 Å². The van der Waals surface area contributed by atoms with Crippen LogP contribution in [0.4, 0.5) is 0 Å². The van der Waals surface area contributed by atoms with Gasteiger partial charge >= 0.3 is 0 Å². The number of carbonyl (C=O) groups is 1. The van der Waals surface area contributed by atoms with Crippen LogP contribution in [0.3, 0.4) is 0 Å². The lowest BCUT2D eigenvalue weighted by Crippen LogP contribution is -2.32. The summed E-state index contributed by atoms with van der Waals surface area (Å²) in [5.41, 5.74) is 0.775. The summed E-state index contributed by atoms with van der Waals surface area (Å²) < 4.78 is 16.6. The zero-order chi connectivity index (χ0) is 18.5. The van der Waals surface area contributed by atoms with Crippen molar-refractivity contribution in [2.24, 2.45) is 0 Å². The Bertz CT molecular complexity index is 876. The van der Waals surface area contributed by atoms with Gasteiger partial charge in [0.05, 0.1) is 11.6 Å². The first-order chi connectivity index (χ1) is 12.6. The fraction of sp³-hybridized carbons (Fsp3) is 0.211. The van der Waals surface area contributed by atoms with Crippen LogP contribution < -0.4 is 10.1 Å². The number of methoxy groups -OCH3 is 1. The van der Waals surface area contributed by atoms with Crippen LogP contribution in [0.2, 0.25) is 10.0 Å². The second kappa shape index (κ2) is 8.45. The van der Waals surface area contributed by atoms with Crippen molar-refractivity contribution < 1.29 is 18.7 Å². The van der Waals surface area contributed by atoms with Crippen molar-refractivity contribution in [3.63, 3.8) is 0 Å². The van der Waals surface area contributed by atoms with E-state index in [1.54, 1.807) is 25.3 Å². The smallest absolute Gasteiger partial charge is 0.258 e.